The Balaban J connectivity index is 1.78. The van der Waals surface area contributed by atoms with Gasteiger partial charge in [0.2, 0.25) is 11.8 Å². The van der Waals surface area contributed by atoms with Gasteiger partial charge in [-0.3, -0.25) is 14.5 Å². The number of rotatable bonds is 9. The lowest BCUT2D eigenvalue weighted by Gasteiger charge is -2.25. The second-order valence-electron chi connectivity index (χ2n) is 8.54. The Kier molecular flexibility index (Phi) is 8.19. The van der Waals surface area contributed by atoms with Gasteiger partial charge in [0.25, 0.3) is 0 Å². The number of hydrogen-bond acceptors (Lipinski definition) is 3. The number of nitrogens with one attached hydrogen (secondary N) is 1. The summed E-state index contributed by atoms with van der Waals surface area (Å²) in [6.45, 7) is 8.55. The zero-order valence-corrected chi connectivity index (χ0v) is 19.9. The van der Waals surface area contributed by atoms with Gasteiger partial charge in [-0.15, -0.1) is 11.8 Å². The molecular formula is C26H34N2O2S. The van der Waals surface area contributed by atoms with Crippen molar-refractivity contribution in [3.8, 4) is 0 Å². The molecule has 1 heterocycles. The molecule has 0 bridgehead atoms. The second-order valence-corrected chi connectivity index (χ2v) is 9.60. The van der Waals surface area contributed by atoms with Crippen LogP contribution in [0.15, 0.2) is 48.5 Å². The fraction of sp³-hybridized carbons (Fsp3) is 0.462. The minimum absolute atomic E-state index is 0.0435. The van der Waals surface area contributed by atoms with Crippen LogP contribution in [0.3, 0.4) is 0 Å². The molecule has 5 heteroatoms. The molecule has 1 saturated heterocycles. The minimum Gasteiger partial charge on any atom is -0.326 e. The van der Waals surface area contributed by atoms with E-state index in [1.807, 2.05) is 41.3 Å². The number of nitrogens with zero attached hydrogens (tertiary/aromatic N) is 1. The van der Waals surface area contributed by atoms with Crippen molar-refractivity contribution in [2.24, 2.45) is 5.92 Å². The average molecular weight is 439 g/mol. The Bertz CT molecular complexity index is 895. The molecule has 0 unspecified atom stereocenters. The van der Waals surface area contributed by atoms with E-state index >= 15 is 0 Å². The number of hydrogen-bond donors (Lipinski definition) is 1. The van der Waals surface area contributed by atoms with Gasteiger partial charge in [-0.25, -0.2) is 0 Å². The molecule has 2 aromatic rings. The number of carbonyl (C=O) groups is 2. The summed E-state index contributed by atoms with van der Waals surface area (Å²) in [5.41, 5.74) is 4.01. The van der Waals surface area contributed by atoms with Crippen LogP contribution in [0.5, 0.6) is 0 Å². The molecule has 1 aliphatic rings. The van der Waals surface area contributed by atoms with Crippen LogP contribution in [0.25, 0.3) is 0 Å². The molecule has 31 heavy (non-hydrogen) atoms. The summed E-state index contributed by atoms with van der Waals surface area (Å²) >= 11 is 1.63. The quantitative estimate of drug-likeness (QED) is 0.471. The van der Waals surface area contributed by atoms with Crippen LogP contribution in [-0.2, 0) is 9.59 Å². The first-order chi connectivity index (χ1) is 14.9. The van der Waals surface area contributed by atoms with E-state index in [2.05, 4.69) is 45.1 Å². The van der Waals surface area contributed by atoms with Gasteiger partial charge >= 0.3 is 0 Å². The van der Waals surface area contributed by atoms with Gasteiger partial charge in [-0.05, 0) is 54.2 Å². The number of amides is 2. The molecule has 0 aromatic heterocycles. The van der Waals surface area contributed by atoms with Gasteiger partial charge in [0.15, 0.2) is 0 Å². The summed E-state index contributed by atoms with van der Waals surface area (Å²) in [7, 11) is 0. The van der Waals surface area contributed by atoms with E-state index in [4.69, 9.17) is 0 Å². The van der Waals surface area contributed by atoms with Gasteiger partial charge in [0.05, 0.1) is 5.75 Å². The third-order valence-electron chi connectivity index (χ3n) is 5.91. The minimum atomic E-state index is -0.0867. The molecule has 2 aromatic carbocycles. The largest absolute Gasteiger partial charge is 0.326 e. The molecule has 0 spiro atoms. The van der Waals surface area contributed by atoms with Crippen molar-refractivity contribution in [1.29, 1.82) is 0 Å². The Morgan fingerprint density at radius 1 is 1.16 bits per heavy atom. The molecule has 0 radical (unpaired) electrons. The molecule has 1 fully saturated rings. The summed E-state index contributed by atoms with van der Waals surface area (Å²) < 4.78 is 0. The van der Waals surface area contributed by atoms with Crippen molar-refractivity contribution in [3.63, 3.8) is 0 Å². The van der Waals surface area contributed by atoms with Gasteiger partial charge in [0.1, 0.15) is 5.37 Å². The van der Waals surface area contributed by atoms with Crippen LogP contribution in [-0.4, -0.2) is 17.6 Å². The van der Waals surface area contributed by atoms with Crippen molar-refractivity contribution in [3.05, 3.63) is 59.7 Å². The molecular weight excluding hydrogens is 404 g/mol. The van der Waals surface area contributed by atoms with Gasteiger partial charge in [-0.2, -0.15) is 0 Å². The molecule has 166 valence electrons. The number of carbonyl (C=O) groups excluding carboxylic acids is 2. The third kappa shape index (κ3) is 5.70. The molecule has 3 rings (SSSR count). The number of unbranched alkanes of at least 4 members (excludes halogenated alkanes) is 1. The Morgan fingerprint density at radius 3 is 2.55 bits per heavy atom. The summed E-state index contributed by atoms with van der Waals surface area (Å²) in [6, 6.07) is 16.2. The molecule has 2 atom stereocenters. The Labute approximate surface area is 190 Å². The SMILES string of the molecule is CCCC[C@H](CC)C(=O)Nc1cccc([C@H]2SCC(=O)N2c2ccc(C(C)C)cc2)c1. The maximum Gasteiger partial charge on any atom is 0.238 e. The standard InChI is InChI=1S/C26H34N2O2S/c1-5-7-9-19(6-2)25(30)27-22-11-8-10-21(16-22)26-28(24(29)17-31-26)23-14-12-20(13-15-23)18(3)4/h8,10-16,18-19,26H,5-7,9,17H2,1-4H3,(H,27,30)/t19-,26+/m0/s1. The fourth-order valence-corrected chi connectivity index (χ4v) is 5.12. The number of benzene rings is 2. The number of thioether (sulfide) groups is 1. The molecule has 0 saturated carbocycles. The molecule has 4 nitrogen and oxygen atoms in total. The first-order valence-electron chi connectivity index (χ1n) is 11.4. The van der Waals surface area contributed by atoms with Crippen LogP contribution < -0.4 is 10.2 Å². The van der Waals surface area contributed by atoms with E-state index in [0.29, 0.717) is 11.7 Å². The first kappa shape index (κ1) is 23.4. The second kappa shape index (κ2) is 10.9. The maximum absolute atomic E-state index is 12.7. The van der Waals surface area contributed by atoms with Crippen molar-refractivity contribution in [2.75, 3.05) is 16.0 Å². The van der Waals surface area contributed by atoms with E-state index in [-0.39, 0.29) is 23.1 Å². The summed E-state index contributed by atoms with van der Waals surface area (Å²) in [6.07, 6.45) is 3.93. The third-order valence-corrected chi connectivity index (χ3v) is 7.13. The molecule has 1 N–H and O–H groups in total. The zero-order valence-electron chi connectivity index (χ0n) is 19.1. The van der Waals surface area contributed by atoms with Crippen LogP contribution in [0.1, 0.15) is 75.8 Å². The van der Waals surface area contributed by atoms with Gasteiger partial charge in [0, 0.05) is 17.3 Å². The zero-order chi connectivity index (χ0) is 22.4. The number of anilines is 2. The molecule has 0 aliphatic carbocycles. The summed E-state index contributed by atoms with van der Waals surface area (Å²) in [5, 5.41) is 3.01. The lowest BCUT2D eigenvalue weighted by Crippen LogP contribution is -2.28. The highest BCUT2D eigenvalue weighted by Crippen LogP contribution is 2.42. The van der Waals surface area contributed by atoms with Crippen LogP contribution >= 0.6 is 11.8 Å². The average Bonchev–Trinajstić information content (AvgIpc) is 3.16. The topological polar surface area (TPSA) is 49.4 Å². The van der Waals surface area contributed by atoms with Crippen molar-refractivity contribution < 1.29 is 9.59 Å². The fourth-order valence-electron chi connectivity index (χ4n) is 3.96. The highest BCUT2D eigenvalue weighted by atomic mass is 32.2. The summed E-state index contributed by atoms with van der Waals surface area (Å²) in [5.74, 6) is 1.17. The van der Waals surface area contributed by atoms with Crippen molar-refractivity contribution in [1.82, 2.24) is 0 Å². The predicted molar refractivity (Wildman–Crippen MR) is 132 cm³/mol. The maximum atomic E-state index is 12.7. The normalized spacial score (nSPS) is 17.3. The summed E-state index contributed by atoms with van der Waals surface area (Å²) in [4.78, 5) is 27.3. The first-order valence-corrected chi connectivity index (χ1v) is 12.4. The Hall–Kier alpha value is -2.27. The van der Waals surface area contributed by atoms with Crippen molar-refractivity contribution in [2.45, 2.75) is 64.7 Å². The van der Waals surface area contributed by atoms with E-state index in [1.165, 1.54) is 5.56 Å². The van der Waals surface area contributed by atoms with E-state index in [1.54, 1.807) is 11.8 Å². The van der Waals surface area contributed by atoms with Crippen LogP contribution in [0, 0.1) is 5.92 Å². The smallest absolute Gasteiger partial charge is 0.238 e. The highest BCUT2D eigenvalue weighted by Gasteiger charge is 2.34. The van der Waals surface area contributed by atoms with Gasteiger partial charge in [-0.1, -0.05) is 64.8 Å². The van der Waals surface area contributed by atoms with E-state index in [0.717, 1.165) is 42.6 Å². The van der Waals surface area contributed by atoms with Crippen LogP contribution in [0.4, 0.5) is 11.4 Å². The predicted octanol–water partition coefficient (Wildman–Crippen LogP) is 6.74. The Morgan fingerprint density at radius 2 is 1.90 bits per heavy atom. The lowest BCUT2D eigenvalue weighted by molar-refractivity contribution is -0.120. The van der Waals surface area contributed by atoms with Gasteiger partial charge < -0.3 is 5.32 Å². The molecule has 1 aliphatic heterocycles. The monoisotopic (exact) mass is 438 g/mol. The van der Waals surface area contributed by atoms with E-state index in [9.17, 15) is 9.59 Å². The molecule has 2 amide bonds. The van der Waals surface area contributed by atoms with E-state index < -0.39 is 0 Å². The highest BCUT2D eigenvalue weighted by molar-refractivity contribution is 8.00. The van der Waals surface area contributed by atoms with Crippen molar-refractivity contribution >= 4 is 35.0 Å². The van der Waals surface area contributed by atoms with Crippen LogP contribution in [0.2, 0.25) is 0 Å². The lowest BCUT2D eigenvalue weighted by atomic mass is 9.98.